The third-order valence-corrected chi connectivity index (χ3v) is 5.30. The van der Waals surface area contributed by atoms with Crippen molar-refractivity contribution < 1.29 is 81.3 Å². The summed E-state index contributed by atoms with van der Waals surface area (Å²) in [7, 11) is 0. The molecule has 0 spiro atoms. The Hall–Kier alpha value is -1.13. The molecule has 0 saturated carbocycles. The highest BCUT2D eigenvalue weighted by molar-refractivity contribution is 5.67. The van der Waals surface area contributed by atoms with Crippen molar-refractivity contribution in [2.75, 3.05) is 192 Å². The molecule has 2 N–H and O–H groups in total. The van der Waals surface area contributed by atoms with Crippen molar-refractivity contribution in [3.8, 4) is 0 Å². The van der Waals surface area contributed by atoms with E-state index in [0.717, 1.165) is 0 Å². The van der Waals surface area contributed by atoms with Crippen LogP contribution in [0, 0.1) is 0 Å². The van der Waals surface area contributed by atoms with Gasteiger partial charge in [-0.05, 0) is 0 Å². The molecule has 282 valence electrons. The van der Waals surface area contributed by atoms with E-state index in [4.69, 9.17) is 76.5 Å². The number of hydrogen-bond donors (Lipinski definition) is 2. The zero-order valence-corrected chi connectivity index (χ0v) is 28.0. The van der Waals surface area contributed by atoms with E-state index >= 15 is 0 Å². The molecule has 47 heavy (non-hydrogen) atoms. The molecule has 0 aliphatic carbocycles. The van der Waals surface area contributed by atoms with Gasteiger partial charge < -0.3 is 76.5 Å². The highest BCUT2D eigenvalue weighted by Gasteiger charge is 1.98. The van der Waals surface area contributed by atoms with Crippen LogP contribution >= 0.6 is 0 Å². The summed E-state index contributed by atoms with van der Waals surface area (Å²) in [5, 5.41) is 17.0. The number of rotatable bonds is 43. The molecule has 0 bridgehead atoms. The van der Waals surface area contributed by atoms with E-state index in [0.29, 0.717) is 172 Å². The fraction of sp³-hybridized carbons (Fsp3) is 0.967. The monoisotopic (exact) mass is 692 g/mol. The molecule has 0 aliphatic heterocycles. The Morgan fingerprint density at radius 2 is 0.426 bits per heavy atom. The van der Waals surface area contributed by atoms with Crippen LogP contribution in [0.25, 0.3) is 0 Å². The van der Waals surface area contributed by atoms with Gasteiger partial charge in [0.25, 0.3) is 0 Å². The lowest BCUT2D eigenvalue weighted by molar-refractivity contribution is -0.142. The summed E-state index contributed by atoms with van der Waals surface area (Å²) in [5.74, 6) is -0.999. The summed E-state index contributed by atoms with van der Waals surface area (Å²) in [5.41, 5.74) is 0. The van der Waals surface area contributed by atoms with Crippen LogP contribution in [0.15, 0.2) is 0 Å². The van der Waals surface area contributed by atoms with Crippen molar-refractivity contribution in [2.45, 2.75) is 0 Å². The SMILES string of the molecule is O=C(O)COCCOCCOCCOCCOCCOCCOCCOCCOCCOCCOCCOCCOCCOCCO. The van der Waals surface area contributed by atoms with Crippen molar-refractivity contribution in [1.29, 1.82) is 0 Å². The molecule has 0 aromatic carbocycles. The highest BCUT2D eigenvalue weighted by Crippen LogP contribution is 1.88. The van der Waals surface area contributed by atoms with Crippen molar-refractivity contribution in [1.82, 2.24) is 0 Å². The van der Waals surface area contributed by atoms with Crippen molar-refractivity contribution >= 4 is 5.97 Å². The Balaban J connectivity index is 3.04. The van der Waals surface area contributed by atoms with Crippen molar-refractivity contribution in [3.63, 3.8) is 0 Å². The average molecular weight is 693 g/mol. The molecular formula is C30H60O17. The smallest absolute Gasteiger partial charge is 0.329 e. The van der Waals surface area contributed by atoms with Crippen LogP contribution in [0.3, 0.4) is 0 Å². The summed E-state index contributed by atoms with van der Waals surface area (Å²) < 4.78 is 74.8. The number of carbonyl (C=O) groups is 1. The molecule has 0 fully saturated rings. The number of hydrogen-bond acceptors (Lipinski definition) is 16. The second-order valence-corrected chi connectivity index (χ2v) is 9.13. The van der Waals surface area contributed by atoms with E-state index in [2.05, 4.69) is 0 Å². The summed E-state index contributed by atoms with van der Waals surface area (Å²) in [6.07, 6.45) is 0. The predicted molar refractivity (Wildman–Crippen MR) is 166 cm³/mol. The normalized spacial score (nSPS) is 11.5. The van der Waals surface area contributed by atoms with E-state index in [-0.39, 0.29) is 19.8 Å². The molecule has 0 rings (SSSR count). The number of ether oxygens (including phenoxy) is 14. The van der Waals surface area contributed by atoms with Gasteiger partial charge in [-0.25, -0.2) is 4.79 Å². The van der Waals surface area contributed by atoms with Gasteiger partial charge >= 0.3 is 5.97 Å². The molecule has 0 heterocycles. The van der Waals surface area contributed by atoms with Gasteiger partial charge in [0.2, 0.25) is 0 Å². The number of aliphatic carboxylic acids is 1. The van der Waals surface area contributed by atoms with Gasteiger partial charge in [0.05, 0.1) is 185 Å². The third kappa shape index (κ3) is 44.9. The van der Waals surface area contributed by atoms with Crippen LogP contribution in [0.1, 0.15) is 0 Å². The summed E-state index contributed by atoms with van der Waals surface area (Å²) in [6, 6.07) is 0. The molecule has 0 unspecified atom stereocenters. The van der Waals surface area contributed by atoms with Gasteiger partial charge in [0, 0.05) is 0 Å². The summed E-state index contributed by atoms with van der Waals surface area (Å²) in [4.78, 5) is 10.3. The lowest BCUT2D eigenvalue weighted by Gasteiger charge is -2.09. The summed E-state index contributed by atoms with van der Waals surface area (Å²) >= 11 is 0. The lowest BCUT2D eigenvalue weighted by Crippen LogP contribution is -2.16. The fourth-order valence-corrected chi connectivity index (χ4v) is 3.08. The van der Waals surface area contributed by atoms with Gasteiger partial charge in [-0.3, -0.25) is 0 Å². The van der Waals surface area contributed by atoms with Gasteiger partial charge in [0.1, 0.15) is 6.61 Å². The van der Waals surface area contributed by atoms with E-state index in [1.54, 1.807) is 0 Å². The van der Waals surface area contributed by atoms with Crippen LogP contribution in [0.5, 0.6) is 0 Å². The topological polar surface area (TPSA) is 187 Å². The fourth-order valence-electron chi connectivity index (χ4n) is 3.08. The maximum atomic E-state index is 10.3. The van der Waals surface area contributed by atoms with Crippen LogP contribution in [0.4, 0.5) is 0 Å². The molecule has 0 amide bonds. The number of carboxylic acid groups (broad SMARTS) is 1. The Bertz CT molecular complexity index is 591. The first kappa shape index (κ1) is 45.9. The van der Waals surface area contributed by atoms with Crippen LogP contribution in [-0.4, -0.2) is 208 Å². The number of carboxylic acids is 1. The predicted octanol–water partition coefficient (Wildman–Crippen LogP) is -0.704. The largest absolute Gasteiger partial charge is 0.480 e. The molecule has 0 atom stereocenters. The maximum Gasteiger partial charge on any atom is 0.329 e. The third-order valence-electron chi connectivity index (χ3n) is 5.30. The zero-order valence-electron chi connectivity index (χ0n) is 28.0. The quantitative estimate of drug-likeness (QED) is 0.0763. The first-order chi connectivity index (χ1) is 23.3. The van der Waals surface area contributed by atoms with Gasteiger partial charge in [-0.15, -0.1) is 0 Å². The van der Waals surface area contributed by atoms with Gasteiger partial charge in [-0.2, -0.15) is 0 Å². The van der Waals surface area contributed by atoms with Crippen LogP contribution in [-0.2, 0) is 71.1 Å². The molecule has 0 aromatic rings. The minimum Gasteiger partial charge on any atom is -0.480 e. The molecule has 17 nitrogen and oxygen atoms in total. The Morgan fingerprint density at radius 1 is 0.277 bits per heavy atom. The van der Waals surface area contributed by atoms with Crippen LogP contribution < -0.4 is 0 Å². The van der Waals surface area contributed by atoms with Crippen molar-refractivity contribution in [2.24, 2.45) is 0 Å². The maximum absolute atomic E-state index is 10.3. The Labute approximate surface area is 279 Å². The molecule has 0 saturated heterocycles. The van der Waals surface area contributed by atoms with E-state index in [1.807, 2.05) is 0 Å². The van der Waals surface area contributed by atoms with E-state index in [1.165, 1.54) is 0 Å². The second kappa shape index (κ2) is 42.9. The highest BCUT2D eigenvalue weighted by atomic mass is 16.6. The molecule has 0 aliphatic rings. The Morgan fingerprint density at radius 3 is 0.574 bits per heavy atom. The van der Waals surface area contributed by atoms with Crippen molar-refractivity contribution in [3.05, 3.63) is 0 Å². The number of aliphatic hydroxyl groups excluding tert-OH is 1. The van der Waals surface area contributed by atoms with E-state index < -0.39 is 5.97 Å². The molecule has 17 heteroatoms. The van der Waals surface area contributed by atoms with Gasteiger partial charge in [-0.1, -0.05) is 0 Å². The van der Waals surface area contributed by atoms with Crippen LogP contribution in [0.2, 0.25) is 0 Å². The average Bonchev–Trinajstić information content (AvgIpc) is 3.07. The van der Waals surface area contributed by atoms with E-state index in [9.17, 15) is 4.79 Å². The van der Waals surface area contributed by atoms with Gasteiger partial charge in [0.15, 0.2) is 0 Å². The summed E-state index contributed by atoms with van der Waals surface area (Å²) in [6.45, 7) is 12.1. The molecular weight excluding hydrogens is 632 g/mol. The standard InChI is InChI=1S/C30H60O17/c31-1-2-34-3-4-35-5-6-36-7-8-37-9-10-38-11-12-39-13-14-40-15-16-41-17-18-42-19-20-43-21-22-44-23-24-45-25-26-46-27-28-47-29-30(32)33/h31H,1-29H2,(H,32,33). The molecule has 0 aromatic heterocycles. The Kier molecular flexibility index (Phi) is 41.9. The minimum absolute atomic E-state index is 0.0198. The minimum atomic E-state index is -0.999. The second-order valence-electron chi connectivity index (χ2n) is 9.13. The zero-order chi connectivity index (χ0) is 34.0. The lowest BCUT2D eigenvalue weighted by atomic mass is 10.6. The number of aliphatic hydroxyl groups is 1. The first-order valence-corrected chi connectivity index (χ1v) is 16.2. The molecule has 0 radical (unpaired) electrons. The first-order valence-electron chi connectivity index (χ1n) is 16.2.